The molecule has 1 N–H and O–H groups in total. The highest BCUT2D eigenvalue weighted by Gasteiger charge is 2.49. The number of rotatable bonds is 15. The summed E-state index contributed by atoms with van der Waals surface area (Å²) >= 11 is 0. The number of hydrogen-bond acceptors (Lipinski definition) is 3. The lowest BCUT2D eigenvalue weighted by molar-refractivity contribution is 0.332. The van der Waals surface area contributed by atoms with E-state index in [2.05, 4.69) is 294 Å². The van der Waals surface area contributed by atoms with Gasteiger partial charge in [-0.3, -0.25) is 0 Å². The third kappa shape index (κ3) is 9.12. The molecule has 1 radical (unpaired) electrons. The summed E-state index contributed by atoms with van der Waals surface area (Å²) in [6, 6.07) is 88.1. The number of benzene rings is 11. The molecule has 1 aliphatic carbocycles. The van der Waals surface area contributed by atoms with Crippen molar-refractivity contribution in [2.75, 3.05) is 15.1 Å². The first-order chi connectivity index (χ1) is 41.0. The molecule has 11 aromatic rings. The van der Waals surface area contributed by atoms with E-state index in [9.17, 15) is 0 Å². The number of fused-ring (bicyclic) bond motifs is 8. The maximum Gasteiger partial charge on any atom is 0.197 e. The molecule has 3 nitrogen and oxygen atoms in total. The zero-order valence-electron chi connectivity index (χ0n) is 49.8. The molecule has 0 fully saturated rings. The zero-order chi connectivity index (χ0) is 57.2. The largest absolute Gasteiger partial charge is 0.355 e. The van der Waals surface area contributed by atoms with Crippen LogP contribution in [0, 0.1) is 0 Å². The van der Waals surface area contributed by atoms with Crippen molar-refractivity contribution in [1.82, 2.24) is 0 Å². The summed E-state index contributed by atoms with van der Waals surface area (Å²) < 4.78 is 0. The van der Waals surface area contributed by atoms with Crippen molar-refractivity contribution in [3.8, 4) is 11.1 Å². The van der Waals surface area contributed by atoms with E-state index < -0.39 is 5.41 Å². The Morgan fingerprint density at radius 1 is 0.452 bits per heavy atom. The number of anilines is 8. The highest BCUT2D eigenvalue weighted by Crippen LogP contribution is 2.60. The molecule has 4 heteroatoms. The van der Waals surface area contributed by atoms with Crippen LogP contribution in [-0.4, -0.2) is 7.28 Å². The summed E-state index contributed by atoms with van der Waals surface area (Å²) in [5.41, 5.74) is 24.1. The van der Waals surface area contributed by atoms with Gasteiger partial charge in [0.05, 0.1) is 11.1 Å². The predicted molar refractivity (Wildman–Crippen MR) is 360 cm³/mol. The first-order valence-corrected chi connectivity index (χ1v) is 31.1. The Balaban J connectivity index is 1.01. The van der Waals surface area contributed by atoms with Gasteiger partial charge in [0.2, 0.25) is 0 Å². The molecular weight excluding hydrogens is 1010 g/mol. The lowest BCUT2D eigenvalue weighted by Gasteiger charge is -2.49. The molecule has 0 saturated heterocycles. The SMILES string of the molecule is CCCCCc1ccc(N(c2ccc(CCCC)cc2)c2ccc(-c3cc4ccccc4c4c3[B]c3cccc5c3N4c3cc4ccccc4cc3C5(c3ccccc3)c3ccccc3)c(Nc3ccc4c(c3)C(C)(C)CCC4(C)C)c2)cc1. The van der Waals surface area contributed by atoms with Gasteiger partial charge in [-0.25, -0.2) is 0 Å². The Kier molecular flexibility index (Phi) is 13.7. The van der Waals surface area contributed by atoms with E-state index in [1.54, 1.807) is 0 Å². The van der Waals surface area contributed by atoms with Crippen LogP contribution in [0.3, 0.4) is 0 Å². The Labute approximate surface area is 499 Å². The Morgan fingerprint density at radius 2 is 1.05 bits per heavy atom. The van der Waals surface area contributed by atoms with E-state index in [-0.39, 0.29) is 10.8 Å². The lowest BCUT2D eigenvalue weighted by atomic mass is 9.53. The summed E-state index contributed by atoms with van der Waals surface area (Å²) in [7, 11) is 2.51. The summed E-state index contributed by atoms with van der Waals surface area (Å²) in [5.74, 6) is 0. The van der Waals surface area contributed by atoms with E-state index in [4.69, 9.17) is 0 Å². The summed E-state index contributed by atoms with van der Waals surface area (Å²) in [6.45, 7) is 14.3. The van der Waals surface area contributed by atoms with Crippen LogP contribution in [0.25, 0.3) is 32.7 Å². The van der Waals surface area contributed by atoms with Gasteiger partial charge in [0.15, 0.2) is 7.28 Å². The fraction of sp³-hybridized carbons (Fsp3) is 0.225. The molecular formula is C80H75BN3. The molecule has 3 aliphatic rings. The smallest absolute Gasteiger partial charge is 0.197 e. The van der Waals surface area contributed by atoms with Gasteiger partial charge in [0.1, 0.15) is 0 Å². The Hall–Kier alpha value is -8.60. The van der Waals surface area contributed by atoms with Gasteiger partial charge < -0.3 is 15.1 Å². The standard InChI is InChI=1S/C80H75BN3/c1-7-9-13-24-55-37-42-63(43-38-55)83(62-40-35-54(36-41-62)23-10-8-2)64-44-45-66(73(53-64)82-61-39-46-68-70(52-61)79(5,6)48-47-78(68,3)4)67-49-58-27-20-21-32-65(58)76-75(67)81-72-34-22-33-69-77(72)84(76)74-51-57-26-19-18-25-56(57)50-71(74)80(69,59-28-14-11-15-29-59)60-30-16-12-17-31-60/h11-12,14-22,25-46,49-53,82H,7-10,13,23-24,47-48H2,1-6H3. The van der Waals surface area contributed by atoms with E-state index >= 15 is 0 Å². The van der Waals surface area contributed by atoms with Crippen molar-refractivity contribution in [2.24, 2.45) is 0 Å². The van der Waals surface area contributed by atoms with Crippen molar-refractivity contribution >= 4 is 85.2 Å². The molecule has 0 atom stereocenters. The van der Waals surface area contributed by atoms with Crippen LogP contribution < -0.4 is 26.0 Å². The van der Waals surface area contributed by atoms with Gasteiger partial charge in [-0.05, 0) is 188 Å². The highest BCUT2D eigenvalue weighted by molar-refractivity contribution is 6.74. The normalized spacial score (nSPS) is 14.9. The summed E-state index contributed by atoms with van der Waals surface area (Å²) in [4.78, 5) is 5.12. The summed E-state index contributed by atoms with van der Waals surface area (Å²) in [5, 5.41) is 9.06. The molecule has 0 bridgehead atoms. The molecule has 2 aliphatic heterocycles. The van der Waals surface area contributed by atoms with Crippen LogP contribution in [-0.2, 0) is 29.1 Å². The first-order valence-electron chi connectivity index (χ1n) is 31.1. The average Bonchev–Trinajstić information content (AvgIpc) is 0.753. The lowest BCUT2D eigenvalue weighted by Crippen LogP contribution is -2.47. The zero-order valence-corrected chi connectivity index (χ0v) is 49.8. The molecule has 11 aromatic carbocycles. The molecule has 0 aromatic heterocycles. The van der Waals surface area contributed by atoms with Gasteiger partial charge in [-0.1, -0.05) is 230 Å². The van der Waals surface area contributed by atoms with E-state index in [0.29, 0.717) is 0 Å². The minimum absolute atomic E-state index is 0.0449. The average molecular weight is 1090 g/mol. The second-order valence-corrected chi connectivity index (χ2v) is 25.4. The maximum atomic E-state index is 4.20. The quantitative estimate of drug-likeness (QED) is 0.0815. The van der Waals surface area contributed by atoms with Crippen LogP contribution in [0.5, 0.6) is 0 Å². The third-order valence-corrected chi connectivity index (χ3v) is 19.2. The number of unbranched alkanes of at least 4 members (excludes halogenated alkanes) is 3. The molecule has 0 unspecified atom stereocenters. The van der Waals surface area contributed by atoms with Crippen LogP contribution in [0.15, 0.2) is 231 Å². The molecule has 84 heavy (non-hydrogen) atoms. The molecule has 0 spiro atoms. The van der Waals surface area contributed by atoms with Crippen molar-refractivity contribution in [3.05, 3.63) is 275 Å². The van der Waals surface area contributed by atoms with Crippen molar-refractivity contribution in [2.45, 2.75) is 116 Å². The van der Waals surface area contributed by atoms with Crippen molar-refractivity contribution in [3.63, 3.8) is 0 Å². The number of aryl methyl sites for hydroxylation is 2. The highest BCUT2D eigenvalue weighted by atomic mass is 15.2. The first kappa shape index (κ1) is 53.4. The molecule has 14 rings (SSSR count). The second-order valence-electron chi connectivity index (χ2n) is 25.4. The number of nitrogens with one attached hydrogen (secondary N) is 1. The number of hydrogen-bond donors (Lipinski definition) is 1. The summed E-state index contributed by atoms with van der Waals surface area (Å²) in [6.07, 6.45) is 10.5. The topological polar surface area (TPSA) is 18.5 Å². The van der Waals surface area contributed by atoms with Gasteiger partial charge in [-0.2, -0.15) is 0 Å². The molecule has 413 valence electrons. The monoisotopic (exact) mass is 1090 g/mol. The number of para-hydroxylation sites is 1. The van der Waals surface area contributed by atoms with E-state index in [1.807, 2.05) is 0 Å². The van der Waals surface area contributed by atoms with Gasteiger partial charge >= 0.3 is 0 Å². The maximum absolute atomic E-state index is 4.20. The fourth-order valence-electron chi connectivity index (χ4n) is 14.6. The molecule has 2 heterocycles. The predicted octanol–water partition coefficient (Wildman–Crippen LogP) is 20.4. The minimum Gasteiger partial charge on any atom is -0.355 e. The molecule has 0 saturated carbocycles. The van der Waals surface area contributed by atoms with Gasteiger partial charge in [0.25, 0.3) is 0 Å². The Morgan fingerprint density at radius 3 is 1.71 bits per heavy atom. The van der Waals surface area contributed by atoms with Crippen molar-refractivity contribution in [1.29, 1.82) is 0 Å². The van der Waals surface area contributed by atoms with Crippen LogP contribution in [0.4, 0.5) is 45.5 Å². The second kappa shape index (κ2) is 21.5. The third-order valence-electron chi connectivity index (χ3n) is 19.2. The van der Waals surface area contributed by atoms with Crippen LogP contribution in [0.1, 0.15) is 131 Å². The number of nitrogens with zero attached hydrogens (tertiary/aromatic N) is 2. The van der Waals surface area contributed by atoms with E-state index in [1.165, 1.54) is 138 Å². The minimum atomic E-state index is -0.620. The van der Waals surface area contributed by atoms with Gasteiger partial charge in [-0.15, -0.1) is 0 Å². The van der Waals surface area contributed by atoms with E-state index in [0.717, 1.165) is 53.3 Å². The van der Waals surface area contributed by atoms with Crippen LogP contribution in [0.2, 0.25) is 0 Å². The van der Waals surface area contributed by atoms with Crippen LogP contribution >= 0.6 is 0 Å². The Bertz CT molecular complexity index is 4210. The molecule has 0 amide bonds. The fourth-order valence-corrected chi connectivity index (χ4v) is 14.6. The van der Waals surface area contributed by atoms with Gasteiger partial charge in [0, 0.05) is 50.8 Å². The van der Waals surface area contributed by atoms with Crippen molar-refractivity contribution < 1.29 is 0 Å².